The first-order chi connectivity index (χ1) is 14.8. The predicted molar refractivity (Wildman–Crippen MR) is 124 cm³/mol. The molecule has 0 saturated heterocycles. The maximum Gasteiger partial charge on any atom is 0.231 e. The van der Waals surface area contributed by atoms with Crippen LogP contribution in [-0.2, 0) is 5.41 Å². The Balaban J connectivity index is 1.79. The molecule has 0 radical (unpaired) electrons. The molecule has 0 saturated carbocycles. The van der Waals surface area contributed by atoms with Crippen LogP contribution in [0.25, 0.3) is 22.7 Å². The van der Waals surface area contributed by atoms with Crippen molar-refractivity contribution in [2.45, 2.75) is 26.2 Å². The van der Waals surface area contributed by atoms with E-state index in [0.29, 0.717) is 33.9 Å². The molecule has 1 heterocycles. The molecule has 0 aliphatic carbocycles. The Kier molecular flexibility index (Phi) is 5.47. The van der Waals surface area contributed by atoms with Crippen LogP contribution in [0.15, 0.2) is 77.2 Å². The van der Waals surface area contributed by atoms with Crippen LogP contribution < -0.4 is 4.74 Å². The van der Waals surface area contributed by atoms with Crippen molar-refractivity contribution in [2.24, 2.45) is 0 Å². The minimum absolute atomic E-state index is 0.0598. The summed E-state index contributed by atoms with van der Waals surface area (Å²) in [6, 6.07) is 22.8. The average Bonchev–Trinajstić information content (AvgIpc) is 3.21. The van der Waals surface area contributed by atoms with Crippen LogP contribution in [0.2, 0.25) is 0 Å². The molecule has 0 atom stereocenters. The van der Waals surface area contributed by atoms with Crippen molar-refractivity contribution >= 4 is 28.5 Å². The highest BCUT2D eigenvalue weighted by atomic mass is 16.5. The van der Waals surface area contributed by atoms with Gasteiger partial charge in [-0.25, -0.2) is 4.98 Å². The lowest BCUT2D eigenvalue weighted by Crippen LogP contribution is -2.10. The molecule has 0 N–H and O–H groups in total. The van der Waals surface area contributed by atoms with E-state index in [0.717, 1.165) is 5.56 Å². The Morgan fingerprint density at radius 3 is 2.23 bits per heavy atom. The highest BCUT2D eigenvalue weighted by molar-refractivity contribution is 6.31. The largest absolute Gasteiger partial charge is 0.497 e. The molecule has 0 aliphatic rings. The molecule has 0 spiro atoms. The summed E-state index contributed by atoms with van der Waals surface area (Å²) in [5, 5.41) is 0. The van der Waals surface area contributed by atoms with Gasteiger partial charge in [-0.05, 0) is 59.0 Å². The van der Waals surface area contributed by atoms with Crippen molar-refractivity contribution in [3.63, 3.8) is 0 Å². The number of rotatable bonds is 5. The van der Waals surface area contributed by atoms with E-state index in [1.54, 1.807) is 31.4 Å². The number of carbonyl (C=O) groups is 1. The lowest BCUT2D eigenvalue weighted by Gasteiger charge is -2.18. The second-order valence-electron chi connectivity index (χ2n) is 8.47. The summed E-state index contributed by atoms with van der Waals surface area (Å²) in [6.45, 7) is 6.53. The van der Waals surface area contributed by atoms with Crippen molar-refractivity contribution in [1.29, 1.82) is 0 Å². The second kappa shape index (κ2) is 8.23. The van der Waals surface area contributed by atoms with E-state index in [-0.39, 0.29) is 11.2 Å². The number of methoxy groups -OCH3 is 1. The van der Waals surface area contributed by atoms with Crippen LogP contribution in [0, 0.1) is 0 Å². The number of nitrogens with zero attached hydrogens (tertiary/aromatic N) is 1. The number of oxazole rings is 1. The zero-order valence-corrected chi connectivity index (χ0v) is 18.2. The van der Waals surface area contributed by atoms with E-state index < -0.39 is 0 Å². The second-order valence-corrected chi connectivity index (χ2v) is 8.47. The normalized spacial score (nSPS) is 12.2. The molecule has 0 aliphatic heterocycles. The molecule has 156 valence electrons. The fraction of sp³-hybridized carbons (Fsp3) is 0.185. The monoisotopic (exact) mass is 411 g/mol. The highest BCUT2D eigenvalue weighted by Gasteiger charge is 2.21. The van der Waals surface area contributed by atoms with Gasteiger partial charge in [-0.3, -0.25) is 4.79 Å². The number of ether oxygens (including phenoxy) is 1. The number of aromatic nitrogens is 1. The van der Waals surface area contributed by atoms with Gasteiger partial charge in [0.25, 0.3) is 0 Å². The van der Waals surface area contributed by atoms with E-state index >= 15 is 0 Å². The molecule has 31 heavy (non-hydrogen) atoms. The maximum atomic E-state index is 13.4. The zero-order chi connectivity index (χ0) is 22.0. The lowest BCUT2D eigenvalue weighted by molar-refractivity contribution is 0.105. The predicted octanol–water partition coefficient (Wildman–Crippen LogP) is 6.56. The number of carbonyl (C=O) groups excluding carboxylic acids is 1. The molecule has 4 nitrogen and oxygen atoms in total. The Morgan fingerprint density at radius 1 is 0.935 bits per heavy atom. The minimum Gasteiger partial charge on any atom is -0.497 e. The third-order valence-electron chi connectivity index (χ3n) is 5.21. The molecule has 4 aromatic rings. The summed E-state index contributed by atoms with van der Waals surface area (Å²) in [5.41, 5.74) is 4.51. The SMILES string of the molecule is COc1ccc(C(=O)C(=Cc2ccc(C(C)(C)C)cc2)c2nc3ccccc3o2)cc1. The first-order valence-corrected chi connectivity index (χ1v) is 10.2. The Bertz CT molecular complexity index is 1210. The van der Waals surface area contributed by atoms with Crippen molar-refractivity contribution < 1.29 is 13.9 Å². The van der Waals surface area contributed by atoms with Gasteiger partial charge >= 0.3 is 0 Å². The molecule has 0 unspecified atom stereocenters. The maximum absolute atomic E-state index is 13.4. The molecule has 4 heteroatoms. The van der Waals surface area contributed by atoms with Gasteiger partial charge in [0, 0.05) is 5.56 Å². The number of allylic oxidation sites excluding steroid dienone is 1. The number of hydrogen-bond donors (Lipinski definition) is 0. The average molecular weight is 412 g/mol. The fourth-order valence-electron chi connectivity index (χ4n) is 3.36. The standard InChI is InChI=1S/C27H25NO3/c1-27(2,3)20-13-9-18(10-14-20)17-22(25(29)19-11-15-21(30-4)16-12-19)26-28-23-7-5-6-8-24(23)31-26/h5-17H,1-4H3. The number of Topliss-reactive ketones (excluding diaryl/α,β-unsaturated/α-hetero) is 1. The van der Waals surface area contributed by atoms with E-state index in [1.165, 1.54) is 5.56 Å². The fourth-order valence-corrected chi connectivity index (χ4v) is 3.36. The molecule has 4 rings (SSSR count). The lowest BCUT2D eigenvalue weighted by atomic mass is 9.86. The number of fused-ring (bicyclic) bond motifs is 1. The van der Waals surface area contributed by atoms with Gasteiger partial charge in [0.1, 0.15) is 11.3 Å². The molecular formula is C27H25NO3. The van der Waals surface area contributed by atoms with Crippen LogP contribution in [-0.4, -0.2) is 17.9 Å². The summed E-state index contributed by atoms with van der Waals surface area (Å²) in [6.07, 6.45) is 1.84. The van der Waals surface area contributed by atoms with Gasteiger partial charge in [-0.2, -0.15) is 0 Å². The van der Waals surface area contributed by atoms with Gasteiger partial charge in [0.2, 0.25) is 5.89 Å². The summed E-state index contributed by atoms with van der Waals surface area (Å²) in [5.74, 6) is 0.845. The molecule has 0 fully saturated rings. The Morgan fingerprint density at radius 2 is 1.61 bits per heavy atom. The van der Waals surface area contributed by atoms with Gasteiger partial charge in [-0.1, -0.05) is 57.2 Å². The molecule has 0 bridgehead atoms. The molecule has 0 amide bonds. The van der Waals surface area contributed by atoms with Gasteiger partial charge < -0.3 is 9.15 Å². The third kappa shape index (κ3) is 4.43. The first-order valence-electron chi connectivity index (χ1n) is 10.2. The van der Waals surface area contributed by atoms with Crippen molar-refractivity contribution in [1.82, 2.24) is 4.98 Å². The summed E-state index contributed by atoms with van der Waals surface area (Å²) in [7, 11) is 1.60. The topological polar surface area (TPSA) is 52.3 Å². The van der Waals surface area contributed by atoms with Crippen LogP contribution in [0.5, 0.6) is 5.75 Å². The smallest absolute Gasteiger partial charge is 0.231 e. The number of para-hydroxylation sites is 2. The summed E-state index contributed by atoms with van der Waals surface area (Å²) in [4.78, 5) is 18.0. The summed E-state index contributed by atoms with van der Waals surface area (Å²) >= 11 is 0. The van der Waals surface area contributed by atoms with Crippen molar-refractivity contribution in [3.8, 4) is 5.75 Å². The molecular weight excluding hydrogens is 386 g/mol. The molecule has 3 aromatic carbocycles. The Hall–Kier alpha value is -3.66. The van der Waals surface area contributed by atoms with Gasteiger partial charge in [0.05, 0.1) is 12.7 Å². The van der Waals surface area contributed by atoms with Gasteiger partial charge in [0.15, 0.2) is 11.4 Å². The third-order valence-corrected chi connectivity index (χ3v) is 5.21. The number of ketones is 1. The quantitative estimate of drug-likeness (QED) is 0.276. The van der Waals surface area contributed by atoms with E-state index in [1.807, 2.05) is 42.5 Å². The summed E-state index contributed by atoms with van der Waals surface area (Å²) < 4.78 is 11.2. The van der Waals surface area contributed by atoms with Crippen molar-refractivity contribution in [2.75, 3.05) is 7.11 Å². The van der Waals surface area contributed by atoms with E-state index in [4.69, 9.17) is 9.15 Å². The number of hydrogen-bond acceptors (Lipinski definition) is 4. The zero-order valence-electron chi connectivity index (χ0n) is 18.2. The highest BCUT2D eigenvalue weighted by Crippen LogP contribution is 2.28. The van der Waals surface area contributed by atoms with Crippen LogP contribution in [0.3, 0.4) is 0 Å². The first kappa shape index (κ1) is 20.6. The van der Waals surface area contributed by atoms with Crippen molar-refractivity contribution in [3.05, 3.63) is 95.4 Å². The van der Waals surface area contributed by atoms with Crippen LogP contribution in [0.1, 0.15) is 48.1 Å². The Labute approximate surface area is 182 Å². The van der Waals surface area contributed by atoms with Crippen LogP contribution in [0.4, 0.5) is 0 Å². The minimum atomic E-state index is -0.158. The van der Waals surface area contributed by atoms with E-state index in [9.17, 15) is 4.79 Å². The van der Waals surface area contributed by atoms with Gasteiger partial charge in [-0.15, -0.1) is 0 Å². The number of benzene rings is 3. The molecule has 1 aromatic heterocycles. The van der Waals surface area contributed by atoms with E-state index in [2.05, 4.69) is 37.9 Å². The van der Waals surface area contributed by atoms with Crippen LogP contribution >= 0.6 is 0 Å².